The summed E-state index contributed by atoms with van der Waals surface area (Å²) in [5.74, 6) is 0.984. The quantitative estimate of drug-likeness (QED) is 0.842. The van der Waals surface area contributed by atoms with E-state index in [4.69, 9.17) is 0 Å². The molecule has 3 atom stereocenters. The molecule has 1 amide bonds. The molecule has 4 heteroatoms. The van der Waals surface area contributed by atoms with E-state index >= 15 is 0 Å². The number of fused-ring (bicyclic) bond motifs is 1. The Kier molecular flexibility index (Phi) is 3.16. The maximum atomic E-state index is 12.6. The molecule has 0 spiro atoms. The van der Waals surface area contributed by atoms with Crippen molar-refractivity contribution in [2.45, 2.75) is 26.3 Å². The summed E-state index contributed by atoms with van der Waals surface area (Å²) >= 11 is 1.83. The van der Waals surface area contributed by atoms with Crippen LogP contribution in [0.5, 0.6) is 0 Å². The third-order valence-electron chi connectivity index (χ3n) is 4.39. The topological polar surface area (TPSA) is 32.3 Å². The van der Waals surface area contributed by atoms with Crippen LogP contribution in [0.4, 0.5) is 0 Å². The first kappa shape index (κ1) is 12.2. The van der Waals surface area contributed by atoms with E-state index in [1.807, 2.05) is 11.3 Å². The largest absolute Gasteiger partial charge is 0.335 e. The number of hydrogen-bond donors (Lipinski definition) is 1. The van der Waals surface area contributed by atoms with Crippen molar-refractivity contribution in [1.82, 2.24) is 10.2 Å². The van der Waals surface area contributed by atoms with Crippen molar-refractivity contribution in [3.05, 3.63) is 21.9 Å². The maximum absolute atomic E-state index is 12.6. The smallest absolute Gasteiger partial charge is 0.227 e. The van der Waals surface area contributed by atoms with Gasteiger partial charge in [-0.1, -0.05) is 6.92 Å². The van der Waals surface area contributed by atoms with Crippen molar-refractivity contribution in [2.24, 2.45) is 11.8 Å². The molecule has 1 unspecified atom stereocenters. The Hall–Kier alpha value is -0.870. The van der Waals surface area contributed by atoms with Crippen molar-refractivity contribution in [3.8, 4) is 0 Å². The van der Waals surface area contributed by atoms with Crippen LogP contribution < -0.4 is 5.32 Å². The number of thiophene rings is 1. The molecule has 18 heavy (non-hydrogen) atoms. The predicted molar refractivity (Wildman–Crippen MR) is 73.7 cm³/mol. The van der Waals surface area contributed by atoms with E-state index < -0.39 is 0 Å². The second-order valence-corrected chi connectivity index (χ2v) is 6.50. The zero-order valence-corrected chi connectivity index (χ0v) is 11.8. The zero-order valence-electron chi connectivity index (χ0n) is 11.0. The van der Waals surface area contributed by atoms with Crippen LogP contribution in [-0.2, 0) is 11.2 Å². The van der Waals surface area contributed by atoms with Crippen molar-refractivity contribution in [1.29, 1.82) is 0 Å². The standard InChI is InChI=1S/C14H20N2OS/c1-9-7-15-8-12(9)14(17)16-5-3-13-11(10(16)2)4-6-18-13/h4,6,9-10,12,15H,3,5,7-8H2,1-2H3/t9-,10?,12-/m1/s1. The van der Waals surface area contributed by atoms with E-state index in [1.54, 1.807) is 0 Å². The number of carbonyl (C=O) groups excluding carboxylic acids is 1. The summed E-state index contributed by atoms with van der Waals surface area (Å²) in [7, 11) is 0. The van der Waals surface area contributed by atoms with Gasteiger partial charge in [0.1, 0.15) is 0 Å². The summed E-state index contributed by atoms with van der Waals surface area (Å²) in [5.41, 5.74) is 1.36. The van der Waals surface area contributed by atoms with Crippen LogP contribution in [-0.4, -0.2) is 30.4 Å². The van der Waals surface area contributed by atoms with Crippen LogP contribution in [0.15, 0.2) is 11.4 Å². The lowest BCUT2D eigenvalue weighted by molar-refractivity contribution is -0.138. The van der Waals surface area contributed by atoms with E-state index in [1.165, 1.54) is 10.4 Å². The molecule has 0 saturated carbocycles. The molecule has 1 aromatic heterocycles. The molecular weight excluding hydrogens is 244 g/mol. The van der Waals surface area contributed by atoms with Gasteiger partial charge < -0.3 is 10.2 Å². The summed E-state index contributed by atoms with van der Waals surface area (Å²) < 4.78 is 0. The first-order chi connectivity index (χ1) is 8.68. The second kappa shape index (κ2) is 4.67. The minimum absolute atomic E-state index is 0.174. The number of nitrogens with zero attached hydrogens (tertiary/aromatic N) is 1. The van der Waals surface area contributed by atoms with Crippen LogP contribution in [0, 0.1) is 11.8 Å². The van der Waals surface area contributed by atoms with E-state index in [-0.39, 0.29) is 12.0 Å². The molecule has 1 fully saturated rings. The average molecular weight is 264 g/mol. The molecule has 0 aliphatic carbocycles. The molecule has 1 N–H and O–H groups in total. The highest BCUT2D eigenvalue weighted by Crippen LogP contribution is 2.34. The highest BCUT2D eigenvalue weighted by molar-refractivity contribution is 7.10. The summed E-state index contributed by atoms with van der Waals surface area (Å²) in [6.45, 7) is 7.04. The molecule has 98 valence electrons. The summed E-state index contributed by atoms with van der Waals surface area (Å²) in [6.07, 6.45) is 1.03. The summed E-state index contributed by atoms with van der Waals surface area (Å²) in [4.78, 5) is 16.2. The van der Waals surface area contributed by atoms with Gasteiger partial charge >= 0.3 is 0 Å². The van der Waals surface area contributed by atoms with Gasteiger partial charge in [0.15, 0.2) is 0 Å². The first-order valence-electron chi connectivity index (χ1n) is 6.76. The molecule has 3 nitrogen and oxygen atoms in total. The Morgan fingerprint density at radius 1 is 1.44 bits per heavy atom. The van der Waals surface area contributed by atoms with E-state index in [0.717, 1.165) is 26.1 Å². The molecular formula is C14H20N2OS. The first-order valence-corrected chi connectivity index (χ1v) is 7.64. The Bertz CT molecular complexity index is 456. The minimum atomic E-state index is 0.174. The molecule has 0 bridgehead atoms. The van der Waals surface area contributed by atoms with Crippen LogP contribution in [0.3, 0.4) is 0 Å². The molecule has 2 aliphatic heterocycles. The summed E-state index contributed by atoms with van der Waals surface area (Å²) in [5, 5.41) is 5.47. The van der Waals surface area contributed by atoms with E-state index in [2.05, 4.69) is 35.5 Å². The van der Waals surface area contributed by atoms with Gasteiger partial charge in [-0.15, -0.1) is 11.3 Å². The second-order valence-electron chi connectivity index (χ2n) is 5.50. The van der Waals surface area contributed by atoms with Gasteiger partial charge in [0.2, 0.25) is 5.91 Å². The highest BCUT2D eigenvalue weighted by atomic mass is 32.1. The van der Waals surface area contributed by atoms with Crippen LogP contribution in [0.25, 0.3) is 0 Å². The van der Waals surface area contributed by atoms with Crippen molar-refractivity contribution in [2.75, 3.05) is 19.6 Å². The molecule has 3 heterocycles. The van der Waals surface area contributed by atoms with Gasteiger partial charge in [-0.25, -0.2) is 0 Å². The van der Waals surface area contributed by atoms with Gasteiger partial charge in [0.25, 0.3) is 0 Å². The van der Waals surface area contributed by atoms with Gasteiger partial charge in [0, 0.05) is 18.0 Å². The van der Waals surface area contributed by atoms with Crippen LogP contribution in [0.2, 0.25) is 0 Å². The molecule has 0 radical (unpaired) electrons. The van der Waals surface area contributed by atoms with Gasteiger partial charge in [-0.05, 0) is 42.8 Å². The lowest BCUT2D eigenvalue weighted by atomic mass is 9.93. The van der Waals surface area contributed by atoms with E-state index in [0.29, 0.717) is 11.8 Å². The van der Waals surface area contributed by atoms with Crippen molar-refractivity contribution >= 4 is 17.2 Å². The number of amides is 1. The molecule has 1 aromatic rings. The average Bonchev–Trinajstić information content (AvgIpc) is 2.97. The Balaban J connectivity index is 1.80. The van der Waals surface area contributed by atoms with Crippen molar-refractivity contribution in [3.63, 3.8) is 0 Å². The number of nitrogens with one attached hydrogen (secondary N) is 1. The molecule has 0 aromatic carbocycles. The monoisotopic (exact) mass is 264 g/mol. The summed E-state index contributed by atoms with van der Waals surface area (Å²) in [6, 6.07) is 2.43. The fourth-order valence-corrected chi connectivity index (χ4v) is 4.13. The molecule has 1 saturated heterocycles. The van der Waals surface area contributed by atoms with Crippen LogP contribution >= 0.6 is 11.3 Å². The zero-order chi connectivity index (χ0) is 12.7. The van der Waals surface area contributed by atoms with Gasteiger partial charge in [0.05, 0.1) is 12.0 Å². The van der Waals surface area contributed by atoms with Gasteiger partial charge in [-0.2, -0.15) is 0 Å². The number of carbonyl (C=O) groups is 1. The lowest BCUT2D eigenvalue weighted by Crippen LogP contribution is -2.43. The third-order valence-corrected chi connectivity index (χ3v) is 5.39. The highest BCUT2D eigenvalue weighted by Gasteiger charge is 2.36. The van der Waals surface area contributed by atoms with E-state index in [9.17, 15) is 4.79 Å². The molecule has 2 aliphatic rings. The Morgan fingerprint density at radius 2 is 2.28 bits per heavy atom. The fraction of sp³-hybridized carbons (Fsp3) is 0.643. The lowest BCUT2D eigenvalue weighted by Gasteiger charge is -2.36. The van der Waals surface area contributed by atoms with Crippen LogP contribution in [0.1, 0.15) is 30.3 Å². The minimum Gasteiger partial charge on any atom is -0.335 e. The Labute approximate surface area is 112 Å². The molecule has 3 rings (SSSR count). The van der Waals surface area contributed by atoms with Crippen molar-refractivity contribution < 1.29 is 4.79 Å². The number of hydrogen-bond acceptors (Lipinski definition) is 3. The predicted octanol–water partition coefficient (Wildman–Crippen LogP) is 2.05. The fourth-order valence-electron chi connectivity index (χ4n) is 3.16. The Morgan fingerprint density at radius 3 is 3.00 bits per heavy atom. The normalized spacial score (nSPS) is 31.4. The maximum Gasteiger partial charge on any atom is 0.227 e. The SMILES string of the molecule is CC1c2ccsc2CCN1C(=O)[C@@H]1CNC[C@H]1C. The number of rotatable bonds is 1. The van der Waals surface area contributed by atoms with Gasteiger partial charge in [-0.3, -0.25) is 4.79 Å². The third kappa shape index (κ3) is 1.88.